The number of nitrogens with one attached hydrogen (secondary N) is 2. The summed E-state index contributed by atoms with van der Waals surface area (Å²) in [6, 6.07) is 11.2. The Labute approximate surface area is 136 Å². The maximum Gasteiger partial charge on any atom is 0.263 e. The van der Waals surface area contributed by atoms with Crippen molar-refractivity contribution in [1.29, 1.82) is 0 Å². The molecule has 0 radical (unpaired) electrons. The van der Waals surface area contributed by atoms with Crippen LogP contribution in [0.4, 0.5) is 11.5 Å². The number of hydrogen-bond donors (Lipinski definition) is 2. The van der Waals surface area contributed by atoms with Gasteiger partial charge in [0.25, 0.3) is 10.0 Å². The largest absolute Gasteiger partial charge is 0.336 e. The molecule has 0 saturated carbocycles. The summed E-state index contributed by atoms with van der Waals surface area (Å²) in [7, 11) is -6.13. The molecule has 0 aliphatic heterocycles. The van der Waals surface area contributed by atoms with Crippen molar-refractivity contribution >= 4 is 28.8 Å². The van der Waals surface area contributed by atoms with Gasteiger partial charge in [0.15, 0.2) is 7.29 Å². The molecule has 124 valence electrons. The third-order valence-electron chi connectivity index (χ3n) is 3.42. The first-order valence-electron chi connectivity index (χ1n) is 7.29. The molecule has 2 aromatic rings. The molecule has 0 unspecified atom stereocenters. The zero-order valence-corrected chi connectivity index (χ0v) is 14.8. The number of hydrogen-bond acceptors (Lipinski definition) is 4. The summed E-state index contributed by atoms with van der Waals surface area (Å²) in [6.07, 6.45) is 2.60. The molecule has 1 heterocycles. The van der Waals surface area contributed by atoms with Crippen molar-refractivity contribution in [3.63, 3.8) is 0 Å². The van der Waals surface area contributed by atoms with Crippen LogP contribution in [0, 0.1) is 0 Å². The van der Waals surface area contributed by atoms with Crippen molar-refractivity contribution in [2.45, 2.75) is 18.7 Å². The molecular formula is C15H20N3O3PS. The zero-order chi connectivity index (χ0) is 16.9. The lowest BCUT2D eigenvalue weighted by Crippen LogP contribution is -2.13. The minimum absolute atomic E-state index is 0.122. The Kier molecular flexibility index (Phi) is 5.44. The maximum absolute atomic E-state index is 12.4. The second-order valence-corrected chi connectivity index (χ2v) is 9.93. The van der Waals surface area contributed by atoms with E-state index in [1.165, 1.54) is 18.3 Å². The van der Waals surface area contributed by atoms with E-state index in [1.807, 2.05) is 13.8 Å². The minimum Gasteiger partial charge on any atom is -0.336 e. The second kappa shape index (κ2) is 7.15. The quantitative estimate of drug-likeness (QED) is 0.742. The number of pyridine rings is 1. The standard InChI is InChI=1S/C15H20N3O3PS/c1-3-22(19,4-2)17-13-8-10-14(11-9-13)23(20,21)18-15-7-5-6-12-16-15/h5-12H,3-4H2,1-2H3,(H,16,18)(H,17,19). The number of aromatic nitrogens is 1. The average molecular weight is 353 g/mol. The van der Waals surface area contributed by atoms with E-state index in [0.717, 1.165) is 0 Å². The summed E-state index contributed by atoms with van der Waals surface area (Å²) < 4.78 is 39.4. The monoisotopic (exact) mass is 353 g/mol. The molecule has 1 aromatic heterocycles. The fraction of sp³-hybridized carbons (Fsp3) is 0.267. The van der Waals surface area contributed by atoms with E-state index in [4.69, 9.17) is 0 Å². The molecule has 0 spiro atoms. The predicted octanol–water partition coefficient (Wildman–Crippen LogP) is 3.61. The number of nitrogens with zero attached hydrogens (tertiary/aromatic N) is 1. The minimum atomic E-state index is -3.69. The molecule has 2 rings (SSSR count). The highest BCUT2D eigenvalue weighted by molar-refractivity contribution is 7.92. The Balaban J connectivity index is 2.17. The highest BCUT2D eigenvalue weighted by Crippen LogP contribution is 2.44. The van der Waals surface area contributed by atoms with Gasteiger partial charge in [0.05, 0.1) is 4.90 Å². The van der Waals surface area contributed by atoms with Gasteiger partial charge < -0.3 is 9.65 Å². The highest BCUT2D eigenvalue weighted by atomic mass is 32.2. The van der Waals surface area contributed by atoms with Gasteiger partial charge in [-0.15, -0.1) is 0 Å². The number of benzene rings is 1. The van der Waals surface area contributed by atoms with E-state index in [-0.39, 0.29) is 10.7 Å². The fourth-order valence-corrected chi connectivity index (χ4v) is 4.34. The molecule has 0 saturated heterocycles. The molecule has 8 heteroatoms. The molecule has 2 N–H and O–H groups in total. The summed E-state index contributed by atoms with van der Waals surface area (Å²) in [5, 5.41) is 3.01. The molecular weight excluding hydrogens is 333 g/mol. The lowest BCUT2D eigenvalue weighted by atomic mass is 10.3. The predicted molar refractivity (Wildman–Crippen MR) is 93.8 cm³/mol. The van der Waals surface area contributed by atoms with Crippen molar-refractivity contribution in [3.05, 3.63) is 48.7 Å². The first kappa shape index (κ1) is 17.5. The van der Waals surface area contributed by atoms with Crippen molar-refractivity contribution in [2.75, 3.05) is 22.1 Å². The molecule has 0 atom stereocenters. The van der Waals surface area contributed by atoms with E-state index in [0.29, 0.717) is 18.0 Å². The SMILES string of the molecule is CCP(=O)(CC)Nc1ccc(S(=O)(=O)Nc2ccccn2)cc1. The van der Waals surface area contributed by atoms with E-state index >= 15 is 0 Å². The summed E-state index contributed by atoms with van der Waals surface area (Å²) in [4.78, 5) is 4.06. The lowest BCUT2D eigenvalue weighted by Gasteiger charge is -2.17. The van der Waals surface area contributed by atoms with Crippen molar-refractivity contribution in [3.8, 4) is 0 Å². The second-order valence-electron chi connectivity index (χ2n) is 4.98. The normalized spacial score (nSPS) is 11.9. The van der Waals surface area contributed by atoms with Gasteiger partial charge in [-0.1, -0.05) is 19.9 Å². The van der Waals surface area contributed by atoms with E-state index in [2.05, 4.69) is 14.8 Å². The van der Waals surface area contributed by atoms with Crippen molar-refractivity contribution in [2.24, 2.45) is 0 Å². The Morgan fingerprint density at radius 1 is 1.04 bits per heavy atom. The molecule has 23 heavy (non-hydrogen) atoms. The summed E-state index contributed by atoms with van der Waals surface area (Å²) in [6.45, 7) is 3.74. The van der Waals surface area contributed by atoms with Crippen LogP contribution in [0.1, 0.15) is 13.8 Å². The van der Waals surface area contributed by atoms with E-state index in [1.54, 1.807) is 30.3 Å². The number of rotatable bonds is 7. The van der Waals surface area contributed by atoms with Gasteiger partial charge >= 0.3 is 0 Å². The van der Waals surface area contributed by atoms with Crippen LogP contribution in [0.5, 0.6) is 0 Å². The maximum atomic E-state index is 12.4. The third kappa shape index (κ3) is 4.56. The molecule has 6 nitrogen and oxygen atoms in total. The summed E-state index contributed by atoms with van der Waals surface area (Å²) in [5.74, 6) is 0.260. The van der Waals surface area contributed by atoms with E-state index in [9.17, 15) is 13.0 Å². The average Bonchev–Trinajstić information content (AvgIpc) is 2.56. The summed E-state index contributed by atoms with van der Waals surface area (Å²) in [5.41, 5.74) is 0.647. The van der Waals surface area contributed by atoms with E-state index < -0.39 is 17.3 Å². The van der Waals surface area contributed by atoms with Crippen molar-refractivity contribution in [1.82, 2.24) is 4.98 Å². The van der Waals surface area contributed by atoms with Gasteiger partial charge in [0.2, 0.25) is 0 Å². The summed E-state index contributed by atoms with van der Waals surface area (Å²) >= 11 is 0. The first-order valence-corrected chi connectivity index (χ1v) is 10.8. The lowest BCUT2D eigenvalue weighted by molar-refractivity contribution is 0.579. The molecule has 0 amide bonds. The third-order valence-corrected chi connectivity index (χ3v) is 7.50. The highest BCUT2D eigenvalue weighted by Gasteiger charge is 2.18. The Morgan fingerprint density at radius 2 is 1.70 bits per heavy atom. The van der Waals surface area contributed by atoms with Crippen LogP contribution in [0.2, 0.25) is 0 Å². The van der Waals surface area contributed by atoms with Gasteiger partial charge in [-0.3, -0.25) is 4.72 Å². The van der Waals surface area contributed by atoms with Gasteiger partial charge in [-0.2, -0.15) is 0 Å². The van der Waals surface area contributed by atoms with Crippen LogP contribution in [-0.2, 0) is 14.6 Å². The molecule has 0 aliphatic carbocycles. The smallest absolute Gasteiger partial charge is 0.263 e. The Morgan fingerprint density at radius 3 is 2.22 bits per heavy atom. The van der Waals surface area contributed by atoms with Gasteiger partial charge in [0, 0.05) is 24.2 Å². The van der Waals surface area contributed by atoms with Crippen molar-refractivity contribution < 1.29 is 13.0 Å². The van der Waals surface area contributed by atoms with Gasteiger partial charge in [0.1, 0.15) is 5.82 Å². The van der Waals surface area contributed by atoms with Crippen LogP contribution in [0.3, 0.4) is 0 Å². The van der Waals surface area contributed by atoms with Crippen LogP contribution in [0.15, 0.2) is 53.6 Å². The molecule has 0 aliphatic rings. The zero-order valence-electron chi connectivity index (χ0n) is 13.1. The fourth-order valence-electron chi connectivity index (χ4n) is 1.95. The van der Waals surface area contributed by atoms with Gasteiger partial charge in [-0.05, 0) is 36.4 Å². The topological polar surface area (TPSA) is 88.2 Å². The van der Waals surface area contributed by atoms with Crippen LogP contribution < -0.4 is 9.81 Å². The van der Waals surface area contributed by atoms with Crippen LogP contribution in [0.25, 0.3) is 0 Å². The number of sulfonamides is 1. The molecule has 0 bridgehead atoms. The number of anilines is 2. The molecule has 0 fully saturated rings. The van der Waals surface area contributed by atoms with Gasteiger partial charge in [-0.25, -0.2) is 13.4 Å². The van der Waals surface area contributed by atoms with Crippen LogP contribution in [-0.4, -0.2) is 25.7 Å². The first-order chi connectivity index (χ1) is 10.9. The Hall–Kier alpha value is -1.85. The Bertz CT molecular complexity index is 784. The van der Waals surface area contributed by atoms with Crippen LogP contribution >= 0.6 is 7.29 Å². The molecule has 1 aromatic carbocycles.